The molecule has 16 heavy (non-hydrogen) atoms. The van der Waals surface area contributed by atoms with Crippen molar-refractivity contribution in [3.05, 3.63) is 29.8 Å². The van der Waals surface area contributed by atoms with Gasteiger partial charge >= 0.3 is 0 Å². The summed E-state index contributed by atoms with van der Waals surface area (Å²) in [5, 5.41) is 0. The van der Waals surface area contributed by atoms with Crippen molar-refractivity contribution in [3.8, 4) is 5.75 Å². The SMILES string of the molecule is COc1ccc(COOCC(C)(C)C)cc1. The van der Waals surface area contributed by atoms with Gasteiger partial charge in [0, 0.05) is 0 Å². The van der Waals surface area contributed by atoms with Crippen molar-refractivity contribution < 1.29 is 14.5 Å². The lowest BCUT2D eigenvalue weighted by atomic mass is 9.99. The standard InChI is InChI=1S/C13H20O3/c1-13(2,3)10-16-15-9-11-5-7-12(14-4)8-6-11/h5-8H,9-10H2,1-4H3. The molecule has 3 nitrogen and oxygen atoms in total. The van der Waals surface area contributed by atoms with Gasteiger partial charge in [-0.1, -0.05) is 32.9 Å². The van der Waals surface area contributed by atoms with E-state index in [9.17, 15) is 0 Å². The first-order valence-electron chi connectivity index (χ1n) is 5.38. The average Bonchev–Trinajstić information content (AvgIpc) is 2.24. The molecule has 1 aromatic rings. The maximum Gasteiger partial charge on any atom is 0.118 e. The molecule has 0 bridgehead atoms. The summed E-state index contributed by atoms with van der Waals surface area (Å²) in [5.74, 6) is 0.847. The van der Waals surface area contributed by atoms with Gasteiger partial charge in [0.25, 0.3) is 0 Å². The van der Waals surface area contributed by atoms with Crippen molar-refractivity contribution in [1.82, 2.24) is 0 Å². The van der Waals surface area contributed by atoms with Gasteiger partial charge in [0.1, 0.15) is 12.4 Å². The molecule has 0 atom stereocenters. The summed E-state index contributed by atoms with van der Waals surface area (Å²) >= 11 is 0. The highest BCUT2D eigenvalue weighted by molar-refractivity contribution is 5.26. The molecule has 0 aliphatic carbocycles. The van der Waals surface area contributed by atoms with E-state index in [2.05, 4.69) is 20.8 Å². The predicted molar refractivity (Wildman–Crippen MR) is 63.2 cm³/mol. The third-order valence-corrected chi connectivity index (χ3v) is 1.96. The minimum atomic E-state index is 0.125. The number of benzene rings is 1. The molecule has 90 valence electrons. The molecule has 1 aromatic carbocycles. The Morgan fingerprint density at radius 2 is 1.62 bits per heavy atom. The number of methoxy groups -OCH3 is 1. The highest BCUT2D eigenvalue weighted by atomic mass is 17.2. The Labute approximate surface area is 97.3 Å². The molecule has 0 aliphatic heterocycles. The second-order valence-electron chi connectivity index (χ2n) is 4.93. The molecule has 0 saturated carbocycles. The third kappa shape index (κ3) is 5.14. The van der Waals surface area contributed by atoms with Crippen LogP contribution in [0.2, 0.25) is 0 Å². The van der Waals surface area contributed by atoms with E-state index in [1.54, 1.807) is 7.11 Å². The molecule has 0 saturated heterocycles. The van der Waals surface area contributed by atoms with E-state index >= 15 is 0 Å². The molecule has 0 spiro atoms. The van der Waals surface area contributed by atoms with Crippen LogP contribution in [0.25, 0.3) is 0 Å². The summed E-state index contributed by atoms with van der Waals surface area (Å²) < 4.78 is 5.07. The van der Waals surface area contributed by atoms with E-state index < -0.39 is 0 Å². The molecule has 1 rings (SSSR count). The Morgan fingerprint density at radius 1 is 1.00 bits per heavy atom. The van der Waals surface area contributed by atoms with Crippen molar-refractivity contribution in [3.63, 3.8) is 0 Å². The van der Waals surface area contributed by atoms with E-state index in [-0.39, 0.29) is 5.41 Å². The van der Waals surface area contributed by atoms with Crippen LogP contribution in [0.1, 0.15) is 26.3 Å². The summed E-state index contributed by atoms with van der Waals surface area (Å²) in [6, 6.07) is 7.73. The fraction of sp³-hybridized carbons (Fsp3) is 0.538. The molecule has 0 unspecified atom stereocenters. The molecule has 0 radical (unpaired) electrons. The Hall–Kier alpha value is -1.06. The van der Waals surface area contributed by atoms with Crippen molar-refractivity contribution in [2.24, 2.45) is 5.41 Å². The van der Waals surface area contributed by atoms with Gasteiger partial charge in [-0.2, -0.15) is 0 Å². The Morgan fingerprint density at radius 3 is 2.12 bits per heavy atom. The highest BCUT2D eigenvalue weighted by Crippen LogP contribution is 2.15. The summed E-state index contributed by atoms with van der Waals surface area (Å²) in [6.45, 7) is 7.35. The molecule has 0 amide bonds. The topological polar surface area (TPSA) is 27.7 Å². The highest BCUT2D eigenvalue weighted by Gasteiger charge is 2.10. The van der Waals surface area contributed by atoms with Crippen LogP contribution in [0.4, 0.5) is 0 Å². The molecule has 0 heterocycles. The van der Waals surface area contributed by atoms with E-state index in [0.29, 0.717) is 13.2 Å². The lowest BCUT2D eigenvalue weighted by molar-refractivity contribution is -0.315. The number of rotatable bonds is 5. The Kier molecular flexibility index (Phi) is 4.77. The molecular weight excluding hydrogens is 204 g/mol. The number of ether oxygens (including phenoxy) is 1. The fourth-order valence-electron chi connectivity index (χ4n) is 1.05. The smallest absolute Gasteiger partial charge is 0.118 e. The van der Waals surface area contributed by atoms with Gasteiger partial charge in [-0.05, 0) is 23.1 Å². The molecule has 0 N–H and O–H groups in total. The summed E-state index contributed by atoms with van der Waals surface area (Å²) in [6.07, 6.45) is 0. The van der Waals surface area contributed by atoms with Crippen molar-refractivity contribution in [1.29, 1.82) is 0 Å². The number of hydrogen-bond acceptors (Lipinski definition) is 3. The van der Waals surface area contributed by atoms with Gasteiger partial charge in [-0.3, -0.25) is 0 Å². The molecule has 0 aromatic heterocycles. The summed E-state index contributed by atoms with van der Waals surface area (Å²) in [4.78, 5) is 10.3. The molecular formula is C13H20O3. The number of hydrogen-bond donors (Lipinski definition) is 0. The second kappa shape index (κ2) is 5.87. The van der Waals surface area contributed by atoms with Crippen molar-refractivity contribution >= 4 is 0 Å². The monoisotopic (exact) mass is 224 g/mol. The van der Waals surface area contributed by atoms with Crippen molar-refractivity contribution in [2.75, 3.05) is 13.7 Å². The van der Waals surface area contributed by atoms with E-state index in [1.165, 1.54) is 0 Å². The maximum atomic E-state index is 5.13. The van der Waals surface area contributed by atoms with Crippen LogP contribution in [-0.2, 0) is 16.4 Å². The summed E-state index contributed by atoms with van der Waals surface area (Å²) in [5.41, 5.74) is 1.19. The first kappa shape index (κ1) is 13.0. The van der Waals surface area contributed by atoms with E-state index in [4.69, 9.17) is 14.5 Å². The first-order chi connectivity index (χ1) is 7.51. The van der Waals surface area contributed by atoms with E-state index in [0.717, 1.165) is 11.3 Å². The Balaban J connectivity index is 2.27. The summed E-state index contributed by atoms with van der Waals surface area (Å²) in [7, 11) is 1.65. The zero-order valence-electron chi connectivity index (χ0n) is 10.4. The minimum absolute atomic E-state index is 0.125. The Bertz CT molecular complexity index is 298. The van der Waals surface area contributed by atoms with Gasteiger partial charge in [-0.25, -0.2) is 9.78 Å². The van der Waals surface area contributed by atoms with Crippen LogP contribution in [-0.4, -0.2) is 13.7 Å². The van der Waals surface area contributed by atoms with Crippen LogP contribution in [0.3, 0.4) is 0 Å². The maximum absolute atomic E-state index is 5.13. The average molecular weight is 224 g/mol. The molecule has 0 aliphatic rings. The lowest BCUT2D eigenvalue weighted by Gasteiger charge is -2.16. The predicted octanol–water partition coefficient (Wildman–Crippen LogP) is 3.19. The molecule has 0 fully saturated rings. The second-order valence-corrected chi connectivity index (χ2v) is 4.93. The van der Waals surface area contributed by atoms with Gasteiger partial charge in [0.05, 0.1) is 13.7 Å². The van der Waals surface area contributed by atoms with Crippen LogP contribution in [0.15, 0.2) is 24.3 Å². The van der Waals surface area contributed by atoms with Crippen LogP contribution < -0.4 is 4.74 Å². The van der Waals surface area contributed by atoms with Crippen LogP contribution in [0, 0.1) is 5.41 Å². The quantitative estimate of drug-likeness (QED) is 0.437. The normalized spacial score (nSPS) is 11.5. The first-order valence-corrected chi connectivity index (χ1v) is 5.38. The third-order valence-electron chi connectivity index (χ3n) is 1.96. The van der Waals surface area contributed by atoms with Gasteiger partial charge in [-0.15, -0.1) is 0 Å². The zero-order valence-corrected chi connectivity index (χ0v) is 10.4. The van der Waals surface area contributed by atoms with Crippen molar-refractivity contribution in [2.45, 2.75) is 27.4 Å². The molecule has 3 heteroatoms. The van der Waals surface area contributed by atoms with Crippen LogP contribution in [0.5, 0.6) is 5.75 Å². The fourth-order valence-corrected chi connectivity index (χ4v) is 1.05. The van der Waals surface area contributed by atoms with E-state index in [1.807, 2.05) is 24.3 Å². The van der Waals surface area contributed by atoms with Gasteiger partial charge < -0.3 is 4.74 Å². The largest absolute Gasteiger partial charge is 0.497 e. The minimum Gasteiger partial charge on any atom is -0.497 e. The zero-order chi connectivity index (χ0) is 12.0. The lowest BCUT2D eigenvalue weighted by Crippen LogP contribution is -2.14. The van der Waals surface area contributed by atoms with Crippen LogP contribution >= 0.6 is 0 Å². The van der Waals surface area contributed by atoms with Gasteiger partial charge in [0.15, 0.2) is 0 Å². The van der Waals surface area contributed by atoms with Gasteiger partial charge in [0.2, 0.25) is 0 Å².